The topological polar surface area (TPSA) is 6.48 Å². The van der Waals surface area contributed by atoms with E-state index in [1.54, 1.807) is 0 Å². The van der Waals surface area contributed by atoms with Gasteiger partial charge in [0.2, 0.25) is 0 Å². The van der Waals surface area contributed by atoms with Crippen LogP contribution in [0.15, 0.2) is 35.7 Å². The summed E-state index contributed by atoms with van der Waals surface area (Å²) in [7, 11) is 2.26. The molecule has 20 heavy (non-hydrogen) atoms. The lowest BCUT2D eigenvalue weighted by atomic mass is 10.0. The maximum atomic E-state index is 2.58. The molecule has 0 radical (unpaired) electrons. The molecular formula is C18H26N2. The Balaban J connectivity index is 2.02. The Morgan fingerprint density at radius 2 is 1.60 bits per heavy atom. The molecule has 0 aromatic heterocycles. The molecule has 1 unspecified atom stereocenters. The molecule has 2 aliphatic rings. The molecule has 1 heterocycles. The number of para-hydroxylation sites is 1. The van der Waals surface area contributed by atoms with Crippen molar-refractivity contribution < 1.29 is 0 Å². The quantitative estimate of drug-likeness (QED) is 0.780. The van der Waals surface area contributed by atoms with E-state index in [4.69, 9.17) is 0 Å². The molecule has 1 aliphatic heterocycles. The summed E-state index contributed by atoms with van der Waals surface area (Å²) in [4.78, 5) is 5.08. The first-order chi connectivity index (χ1) is 9.61. The van der Waals surface area contributed by atoms with Crippen LogP contribution in [-0.4, -0.2) is 18.1 Å². The average molecular weight is 270 g/mol. The number of benzene rings is 1. The van der Waals surface area contributed by atoms with Crippen LogP contribution in [0.2, 0.25) is 0 Å². The minimum atomic E-state index is 0.513. The van der Waals surface area contributed by atoms with Crippen LogP contribution >= 0.6 is 0 Å². The molecule has 0 saturated heterocycles. The summed E-state index contributed by atoms with van der Waals surface area (Å²) in [6.45, 7) is 6.75. The monoisotopic (exact) mass is 270 g/mol. The van der Waals surface area contributed by atoms with E-state index in [9.17, 15) is 0 Å². The number of anilines is 1. The predicted molar refractivity (Wildman–Crippen MR) is 85.5 cm³/mol. The van der Waals surface area contributed by atoms with Gasteiger partial charge in [-0.25, -0.2) is 0 Å². The summed E-state index contributed by atoms with van der Waals surface area (Å²) >= 11 is 0. The standard InChI is InChI=1S/C18H26N2/c1-13-9-5-8-12-17(13)20-15(3)14(2)19(4)18(20)16-10-6-7-11-16/h5,8-9,12,16,18H,6-7,10-11H2,1-4H3. The minimum absolute atomic E-state index is 0.513. The fourth-order valence-electron chi connectivity index (χ4n) is 3.94. The molecule has 0 spiro atoms. The summed E-state index contributed by atoms with van der Waals surface area (Å²) in [5.41, 5.74) is 5.59. The van der Waals surface area contributed by atoms with Crippen LogP contribution in [0.1, 0.15) is 45.1 Å². The first kappa shape index (κ1) is 13.5. The van der Waals surface area contributed by atoms with Crippen LogP contribution in [0.3, 0.4) is 0 Å². The van der Waals surface area contributed by atoms with Gasteiger partial charge < -0.3 is 9.80 Å². The van der Waals surface area contributed by atoms with Gasteiger partial charge in [0.15, 0.2) is 0 Å². The summed E-state index contributed by atoms with van der Waals surface area (Å²) in [6, 6.07) is 8.79. The number of nitrogens with zero attached hydrogens (tertiary/aromatic N) is 2. The molecule has 2 heteroatoms. The van der Waals surface area contributed by atoms with E-state index in [0.29, 0.717) is 6.17 Å². The first-order valence-electron chi connectivity index (χ1n) is 7.86. The third-order valence-electron chi connectivity index (χ3n) is 5.27. The molecule has 0 N–H and O–H groups in total. The third kappa shape index (κ3) is 2.02. The van der Waals surface area contributed by atoms with Crippen molar-refractivity contribution in [2.24, 2.45) is 5.92 Å². The lowest BCUT2D eigenvalue weighted by Crippen LogP contribution is -2.43. The number of hydrogen-bond donors (Lipinski definition) is 0. The van der Waals surface area contributed by atoms with Crippen molar-refractivity contribution in [3.63, 3.8) is 0 Å². The highest BCUT2D eigenvalue weighted by atomic mass is 15.4. The Morgan fingerprint density at radius 3 is 2.25 bits per heavy atom. The van der Waals surface area contributed by atoms with Gasteiger partial charge in [0, 0.05) is 24.1 Å². The Kier molecular flexibility index (Phi) is 3.49. The van der Waals surface area contributed by atoms with Crippen molar-refractivity contribution in [1.82, 2.24) is 4.90 Å². The highest BCUT2D eigenvalue weighted by molar-refractivity contribution is 5.60. The molecule has 1 saturated carbocycles. The van der Waals surface area contributed by atoms with Crippen LogP contribution in [-0.2, 0) is 0 Å². The molecule has 1 atom stereocenters. The van der Waals surface area contributed by atoms with Gasteiger partial charge in [0.1, 0.15) is 6.17 Å². The maximum Gasteiger partial charge on any atom is 0.108 e. The Bertz CT molecular complexity index is 526. The molecule has 0 bridgehead atoms. The van der Waals surface area contributed by atoms with E-state index < -0.39 is 0 Å². The van der Waals surface area contributed by atoms with Crippen molar-refractivity contribution >= 4 is 5.69 Å². The van der Waals surface area contributed by atoms with E-state index >= 15 is 0 Å². The first-order valence-corrected chi connectivity index (χ1v) is 7.86. The molecule has 1 aromatic carbocycles. The van der Waals surface area contributed by atoms with Gasteiger partial charge in [0.05, 0.1) is 0 Å². The van der Waals surface area contributed by atoms with Crippen molar-refractivity contribution in [3.05, 3.63) is 41.2 Å². The summed E-state index contributed by atoms with van der Waals surface area (Å²) in [5.74, 6) is 0.798. The molecular weight excluding hydrogens is 244 g/mol. The average Bonchev–Trinajstić information content (AvgIpc) is 3.03. The summed E-state index contributed by atoms with van der Waals surface area (Å²) in [6.07, 6.45) is 6.05. The Hall–Kier alpha value is -1.44. The maximum absolute atomic E-state index is 2.58. The highest BCUT2D eigenvalue weighted by Gasteiger charge is 2.39. The highest BCUT2D eigenvalue weighted by Crippen LogP contribution is 2.42. The van der Waals surface area contributed by atoms with E-state index in [-0.39, 0.29) is 0 Å². The Labute approximate surface area is 123 Å². The number of rotatable bonds is 2. The zero-order chi connectivity index (χ0) is 14.3. The van der Waals surface area contributed by atoms with E-state index in [2.05, 4.69) is 61.9 Å². The van der Waals surface area contributed by atoms with Gasteiger partial charge in [0.25, 0.3) is 0 Å². The lowest BCUT2D eigenvalue weighted by Gasteiger charge is -2.37. The van der Waals surface area contributed by atoms with Crippen molar-refractivity contribution in [2.75, 3.05) is 11.9 Å². The summed E-state index contributed by atoms with van der Waals surface area (Å²) in [5, 5.41) is 0. The number of aryl methyl sites for hydroxylation is 1. The van der Waals surface area contributed by atoms with Crippen LogP contribution < -0.4 is 4.90 Å². The fourth-order valence-corrected chi connectivity index (χ4v) is 3.94. The van der Waals surface area contributed by atoms with Gasteiger partial charge >= 0.3 is 0 Å². The second-order valence-electron chi connectivity index (χ2n) is 6.40. The van der Waals surface area contributed by atoms with Gasteiger partial charge in [-0.1, -0.05) is 31.0 Å². The molecule has 0 amide bonds. The van der Waals surface area contributed by atoms with Crippen LogP contribution in [0.25, 0.3) is 0 Å². The SMILES string of the molecule is CC1=C(C)N(c2ccccc2C)C(C2CCCC2)N1C. The Morgan fingerprint density at radius 1 is 0.950 bits per heavy atom. The van der Waals surface area contributed by atoms with E-state index in [1.165, 1.54) is 48.3 Å². The predicted octanol–water partition coefficient (Wildman–Crippen LogP) is 4.51. The zero-order valence-corrected chi connectivity index (χ0v) is 13.2. The van der Waals surface area contributed by atoms with Crippen LogP contribution in [0.4, 0.5) is 5.69 Å². The fraction of sp³-hybridized carbons (Fsp3) is 0.556. The van der Waals surface area contributed by atoms with Crippen molar-refractivity contribution in [2.45, 2.75) is 52.6 Å². The van der Waals surface area contributed by atoms with E-state index in [0.717, 1.165) is 5.92 Å². The van der Waals surface area contributed by atoms with E-state index in [1.807, 2.05) is 0 Å². The largest absolute Gasteiger partial charge is 0.356 e. The minimum Gasteiger partial charge on any atom is -0.356 e. The van der Waals surface area contributed by atoms with Gasteiger partial charge in [-0.3, -0.25) is 0 Å². The van der Waals surface area contributed by atoms with Gasteiger partial charge in [-0.2, -0.15) is 0 Å². The summed E-state index contributed by atoms with van der Waals surface area (Å²) < 4.78 is 0. The van der Waals surface area contributed by atoms with Gasteiger partial charge in [-0.05, 0) is 51.2 Å². The second kappa shape index (κ2) is 5.16. The van der Waals surface area contributed by atoms with Crippen molar-refractivity contribution in [1.29, 1.82) is 0 Å². The van der Waals surface area contributed by atoms with Crippen LogP contribution in [0.5, 0.6) is 0 Å². The molecule has 1 aliphatic carbocycles. The molecule has 1 fully saturated rings. The second-order valence-corrected chi connectivity index (χ2v) is 6.40. The molecule has 108 valence electrons. The molecule has 1 aromatic rings. The smallest absolute Gasteiger partial charge is 0.108 e. The lowest BCUT2D eigenvalue weighted by molar-refractivity contribution is 0.243. The van der Waals surface area contributed by atoms with Crippen molar-refractivity contribution in [3.8, 4) is 0 Å². The number of hydrogen-bond acceptors (Lipinski definition) is 2. The molecule has 3 rings (SSSR count). The molecule has 2 nitrogen and oxygen atoms in total. The zero-order valence-electron chi connectivity index (χ0n) is 13.2. The van der Waals surface area contributed by atoms with Crippen LogP contribution in [0, 0.1) is 12.8 Å². The van der Waals surface area contributed by atoms with Gasteiger partial charge in [-0.15, -0.1) is 0 Å². The number of allylic oxidation sites excluding steroid dienone is 2. The third-order valence-corrected chi connectivity index (χ3v) is 5.27. The normalized spacial score (nSPS) is 24.1.